The molecule has 2 aliphatic carbocycles. The normalized spacial score (nSPS) is 38.2. The van der Waals surface area contributed by atoms with Crippen LogP contribution in [0.25, 0.3) is 0 Å². The molecule has 0 radical (unpaired) electrons. The Labute approximate surface area is 242 Å². The van der Waals surface area contributed by atoms with Crippen LogP contribution in [0.15, 0.2) is 0 Å². The molecule has 0 heterocycles. The molecule has 2 aliphatic rings. The second kappa shape index (κ2) is 16.0. The van der Waals surface area contributed by atoms with Gasteiger partial charge in [-0.15, -0.1) is 0 Å². The van der Waals surface area contributed by atoms with E-state index in [0.29, 0.717) is 6.42 Å². The van der Waals surface area contributed by atoms with E-state index in [0.717, 1.165) is 6.42 Å². The van der Waals surface area contributed by atoms with Gasteiger partial charge in [0.25, 0.3) is 6.47 Å². The maximum atomic E-state index is 11.4. The predicted molar refractivity (Wildman–Crippen MR) is 82.8 cm³/mol. The summed E-state index contributed by atoms with van der Waals surface area (Å²) in [6, 6.07) is 0. The SMILES string of the molecule is O=CO[O-].[2H]C1C(=O)CCC(C)(C)C1[2H].[2H]C1C(C)(C)CC([2H])([2H])C(=O)C1([2H])[2H].[H-].[K+].[K+]. The van der Waals surface area contributed by atoms with Crippen LogP contribution in [-0.4, -0.2) is 18.0 Å². The Morgan fingerprint density at radius 2 is 1.54 bits per heavy atom. The first-order valence-electron chi connectivity index (χ1n) is 10.7. The quantitative estimate of drug-likeness (QED) is 0.201. The first-order valence-corrected chi connectivity index (χ1v) is 6.95. The summed E-state index contributed by atoms with van der Waals surface area (Å²) < 4.78 is 52.4. The van der Waals surface area contributed by atoms with Gasteiger partial charge in [-0.05, 0) is 36.5 Å². The minimum Gasteiger partial charge on any atom is -1.00 e. The Kier molecular flexibility index (Phi) is 12.1. The van der Waals surface area contributed by atoms with Crippen molar-refractivity contribution >= 4 is 18.0 Å². The number of Topliss-reactive ketones (excluding diaryl/α,β-unsaturated/α-hetero) is 2. The van der Waals surface area contributed by atoms with Crippen molar-refractivity contribution in [1.29, 1.82) is 0 Å². The molecule has 0 aromatic heterocycles. The fourth-order valence-electron chi connectivity index (χ4n) is 1.60. The number of carbonyl (C=O) groups is 3. The van der Waals surface area contributed by atoms with E-state index in [9.17, 15) is 9.59 Å². The molecule has 3 unspecified atom stereocenters. The summed E-state index contributed by atoms with van der Waals surface area (Å²) in [7, 11) is 0. The Hall–Kier alpha value is 2.04. The predicted octanol–water partition coefficient (Wildman–Crippen LogP) is -3.13. The van der Waals surface area contributed by atoms with Crippen molar-refractivity contribution in [1.82, 2.24) is 0 Å². The zero-order chi connectivity index (χ0) is 23.4. The van der Waals surface area contributed by atoms with Gasteiger partial charge in [0.05, 0.1) is 0 Å². The Morgan fingerprint density at radius 3 is 2.00 bits per heavy atom. The third kappa shape index (κ3) is 17.5. The second-order valence-electron chi connectivity index (χ2n) is 6.44. The van der Waals surface area contributed by atoms with Gasteiger partial charge in [0, 0.05) is 35.2 Å². The molecule has 5 nitrogen and oxygen atoms in total. The summed E-state index contributed by atoms with van der Waals surface area (Å²) in [6.07, 6.45) is -5.93. The average molecular weight is 400 g/mol. The maximum Gasteiger partial charge on any atom is 1.00 e. The van der Waals surface area contributed by atoms with Crippen LogP contribution in [-0.2, 0) is 19.3 Å². The van der Waals surface area contributed by atoms with Crippen LogP contribution in [0.4, 0.5) is 0 Å². The standard InChI is InChI=1S/2C8H14O.CH2O3.2K.H/c2*1-8(2)5-3-7(9)4-6-8;2-1-4-3;;;/h2*3-6H2,1-2H3;1,3H;;;/q;;;2*+1;-1/p-1/i3D2,4D2,5D;3D,5D;;;;. The van der Waals surface area contributed by atoms with E-state index in [1.165, 1.54) is 0 Å². The largest absolute Gasteiger partial charge is 1.00 e. The van der Waals surface area contributed by atoms with Crippen molar-refractivity contribution in [2.24, 2.45) is 10.8 Å². The summed E-state index contributed by atoms with van der Waals surface area (Å²) in [5, 5.41) is 8.43. The number of hydrogen-bond donors (Lipinski definition) is 0. The molecule has 0 aromatic rings. The molecule has 7 heteroatoms. The Bertz CT molecular complexity index is 620. The minimum absolute atomic E-state index is 0. The number of ketones is 2. The molecule has 3 atom stereocenters. The van der Waals surface area contributed by atoms with Crippen molar-refractivity contribution in [2.45, 2.75) is 78.9 Å². The fraction of sp³-hybridized carbons (Fsp3) is 0.824. The molecule has 0 saturated heterocycles. The zero-order valence-corrected chi connectivity index (χ0v) is 21.7. The van der Waals surface area contributed by atoms with Gasteiger partial charge in [-0.25, -0.2) is 0 Å². The van der Waals surface area contributed by atoms with Gasteiger partial charge in [0.1, 0.15) is 11.6 Å². The van der Waals surface area contributed by atoms with E-state index in [1.54, 1.807) is 13.8 Å². The van der Waals surface area contributed by atoms with Gasteiger partial charge in [0.2, 0.25) is 0 Å². The van der Waals surface area contributed by atoms with Crippen molar-refractivity contribution in [2.75, 3.05) is 0 Å². The average Bonchev–Trinajstić information content (AvgIpc) is 2.61. The maximum absolute atomic E-state index is 11.4. The molecule has 0 aliphatic heterocycles. The Balaban J connectivity index is -0.000000197. The third-order valence-corrected chi connectivity index (χ3v) is 3.07. The summed E-state index contributed by atoms with van der Waals surface area (Å²) in [5.41, 5.74) is -0.971. The van der Waals surface area contributed by atoms with Crippen LogP contribution in [0.2, 0.25) is 0 Å². The number of rotatable bonds is 1. The first-order chi connectivity index (χ1) is 12.9. The first kappa shape index (κ1) is 18.1. The molecular weight excluding hydrogens is 362 g/mol. The molecule has 2 rings (SSSR count). The van der Waals surface area contributed by atoms with Gasteiger partial charge < -0.3 is 11.6 Å². The molecule has 2 fully saturated rings. The van der Waals surface area contributed by atoms with Gasteiger partial charge in [-0.3, -0.25) is 14.4 Å². The van der Waals surface area contributed by atoms with E-state index in [1.807, 2.05) is 13.8 Å². The van der Waals surface area contributed by atoms with E-state index >= 15 is 0 Å². The second-order valence-corrected chi connectivity index (χ2v) is 6.44. The molecule has 24 heavy (non-hydrogen) atoms. The number of carbonyl (C=O) groups excluding carboxylic acids is 3. The summed E-state index contributed by atoms with van der Waals surface area (Å²) >= 11 is 0. The molecule has 0 amide bonds. The minimum atomic E-state index is -2.38. The monoisotopic (exact) mass is 399 g/mol. The van der Waals surface area contributed by atoms with Crippen molar-refractivity contribution in [3.63, 3.8) is 0 Å². The molecule has 0 aromatic carbocycles. The van der Waals surface area contributed by atoms with Gasteiger partial charge in [0.15, 0.2) is 0 Å². The molecule has 130 valence electrons. The van der Waals surface area contributed by atoms with Crippen LogP contribution < -0.4 is 108 Å². The van der Waals surface area contributed by atoms with Crippen molar-refractivity contribution in [3.05, 3.63) is 0 Å². The zero-order valence-electron chi connectivity index (χ0n) is 23.5. The van der Waals surface area contributed by atoms with E-state index in [-0.39, 0.29) is 128 Å². The van der Waals surface area contributed by atoms with Crippen LogP contribution in [0.5, 0.6) is 0 Å². The van der Waals surface area contributed by atoms with Gasteiger partial charge >= 0.3 is 103 Å². The Morgan fingerprint density at radius 1 is 1.04 bits per heavy atom. The fourth-order valence-corrected chi connectivity index (χ4v) is 1.60. The van der Waals surface area contributed by atoms with Crippen LogP contribution >= 0.6 is 0 Å². The van der Waals surface area contributed by atoms with E-state index in [2.05, 4.69) is 4.89 Å². The third-order valence-electron chi connectivity index (χ3n) is 3.07. The van der Waals surface area contributed by atoms with Gasteiger partial charge in [-0.1, -0.05) is 27.7 Å². The summed E-state index contributed by atoms with van der Waals surface area (Å²) in [4.78, 5) is 33.6. The van der Waals surface area contributed by atoms with Crippen molar-refractivity contribution in [3.8, 4) is 0 Å². The smallest absolute Gasteiger partial charge is 1.00 e. The molecular formula is C17H30K2O5. The number of hydrogen-bond acceptors (Lipinski definition) is 5. The van der Waals surface area contributed by atoms with Crippen molar-refractivity contribution < 1.29 is 138 Å². The topological polar surface area (TPSA) is 83.5 Å². The van der Waals surface area contributed by atoms with Crippen LogP contribution in [0.3, 0.4) is 0 Å². The molecule has 0 spiro atoms. The van der Waals surface area contributed by atoms with E-state index in [4.69, 9.17) is 19.6 Å². The summed E-state index contributed by atoms with van der Waals surface area (Å²) in [5.74, 6) is -1.16. The summed E-state index contributed by atoms with van der Waals surface area (Å²) in [6.45, 7) is 6.97. The molecule has 2 saturated carbocycles. The van der Waals surface area contributed by atoms with Gasteiger partial charge in [-0.2, -0.15) is 0 Å². The van der Waals surface area contributed by atoms with Crippen LogP contribution in [0.1, 0.15) is 89.9 Å². The van der Waals surface area contributed by atoms with E-state index < -0.39 is 43.1 Å². The molecule has 0 bridgehead atoms. The van der Waals surface area contributed by atoms with Crippen LogP contribution in [0, 0.1) is 10.8 Å². The molecule has 0 N–H and O–H groups in total.